The average molecular weight is 447 g/mol. The van der Waals surface area contributed by atoms with E-state index in [-0.39, 0.29) is 11.3 Å². The van der Waals surface area contributed by atoms with Crippen molar-refractivity contribution in [1.82, 2.24) is 4.31 Å². The van der Waals surface area contributed by atoms with E-state index < -0.39 is 22.0 Å². The maximum absolute atomic E-state index is 12.7. The molecule has 1 N–H and O–H groups in total. The summed E-state index contributed by atoms with van der Waals surface area (Å²) >= 11 is 7.81. The van der Waals surface area contributed by atoms with Crippen molar-refractivity contribution in [2.45, 2.75) is 36.6 Å². The summed E-state index contributed by atoms with van der Waals surface area (Å²) in [7, 11) is -3.66. The fourth-order valence-corrected chi connectivity index (χ4v) is 7.78. The number of hydrogen-bond acceptors (Lipinski definition) is 4. The molecule has 1 saturated heterocycles. The Morgan fingerprint density at radius 3 is 2.70 bits per heavy atom. The molecule has 5 nitrogen and oxygen atoms in total. The first-order chi connectivity index (χ1) is 9.32. The summed E-state index contributed by atoms with van der Waals surface area (Å²) in [5, 5.41) is 8.94. The Bertz CT molecular complexity index is 614. The smallest absolute Gasteiger partial charge is 0.304 e. The Hall–Kier alpha value is 0.0400. The molecule has 0 bridgehead atoms. The van der Waals surface area contributed by atoms with Crippen LogP contribution in [0.25, 0.3) is 0 Å². The third-order valence-corrected chi connectivity index (χ3v) is 7.90. The van der Waals surface area contributed by atoms with E-state index in [0.29, 0.717) is 16.8 Å². The van der Waals surface area contributed by atoms with Gasteiger partial charge in [0.15, 0.2) is 0 Å². The molecule has 1 aromatic rings. The number of rotatable bonds is 4. The number of carboxylic acid groups (broad SMARTS) is 1. The molecule has 0 amide bonds. The van der Waals surface area contributed by atoms with Gasteiger partial charge in [-0.15, -0.1) is 11.3 Å². The average Bonchev–Trinajstić information content (AvgIpc) is 2.69. The molecular formula is C11H13Br2NO4S2. The molecular weight excluding hydrogens is 434 g/mol. The van der Waals surface area contributed by atoms with Crippen molar-refractivity contribution in [3.05, 3.63) is 13.6 Å². The van der Waals surface area contributed by atoms with E-state index in [1.54, 1.807) is 6.07 Å². The number of hydrogen-bond donors (Lipinski definition) is 1. The van der Waals surface area contributed by atoms with Crippen LogP contribution in [0, 0.1) is 0 Å². The van der Waals surface area contributed by atoms with Crippen molar-refractivity contribution in [1.29, 1.82) is 0 Å². The summed E-state index contributed by atoms with van der Waals surface area (Å²) in [6.07, 6.45) is 2.06. The van der Waals surface area contributed by atoms with E-state index in [9.17, 15) is 13.2 Å². The molecule has 1 atom stereocenters. The van der Waals surface area contributed by atoms with Crippen LogP contribution in [0.4, 0.5) is 0 Å². The van der Waals surface area contributed by atoms with E-state index in [4.69, 9.17) is 5.11 Å². The lowest BCUT2D eigenvalue weighted by molar-refractivity contribution is -0.138. The summed E-state index contributed by atoms with van der Waals surface area (Å²) in [4.78, 5) is 11.1. The summed E-state index contributed by atoms with van der Waals surface area (Å²) in [6.45, 7) is 0.375. The van der Waals surface area contributed by atoms with Crippen molar-refractivity contribution < 1.29 is 18.3 Å². The summed E-state index contributed by atoms with van der Waals surface area (Å²) < 4.78 is 28.0. The Morgan fingerprint density at radius 1 is 1.45 bits per heavy atom. The lowest BCUT2D eigenvalue weighted by atomic mass is 10.0. The topological polar surface area (TPSA) is 74.7 Å². The Labute approximate surface area is 138 Å². The minimum atomic E-state index is -3.66. The number of carbonyl (C=O) groups is 1. The zero-order chi connectivity index (χ0) is 14.9. The molecule has 1 aliphatic heterocycles. The first-order valence-corrected chi connectivity index (χ1v) is 9.85. The highest BCUT2D eigenvalue weighted by Crippen LogP contribution is 2.38. The number of carboxylic acids is 1. The van der Waals surface area contributed by atoms with Crippen LogP contribution < -0.4 is 0 Å². The zero-order valence-corrected chi connectivity index (χ0v) is 15.2. The van der Waals surface area contributed by atoms with Gasteiger partial charge in [-0.05, 0) is 50.8 Å². The molecule has 1 unspecified atom stereocenters. The summed E-state index contributed by atoms with van der Waals surface area (Å²) in [5.74, 6) is -0.970. The molecule has 0 spiro atoms. The molecule has 0 aliphatic carbocycles. The fraction of sp³-hybridized carbons (Fsp3) is 0.545. The Morgan fingerprint density at radius 2 is 2.15 bits per heavy atom. The molecule has 9 heteroatoms. The number of aliphatic carboxylic acids is 1. The van der Waals surface area contributed by atoms with Gasteiger partial charge >= 0.3 is 5.97 Å². The minimum Gasteiger partial charge on any atom is -0.481 e. The molecule has 1 aromatic heterocycles. The van der Waals surface area contributed by atoms with E-state index in [2.05, 4.69) is 31.9 Å². The molecule has 2 rings (SSSR count). The normalized spacial score (nSPS) is 21.0. The zero-order valence-electron chi connectivity index (χ0n) is 10.4. The maximum Gasteiger partial charge on any atom is 0.304 e. The van der Waals surface area contributed by atoms with Crippen LogP contribution in [0.1, 0.15) is 25.7 Å². The van der Waals surface area contributed by atoms with E-state index in [0.717, 1.165) is 16.6 Å². The number of nitrogens with zero attached hydrogens (tertiary/aromatic N) is 1. The van der Waals surface area contributed by atoms with Crippen molar-refractivity contribution in [2.75, 3.05) is 6.54 Å². The van der Waals surface area contributed by atoms with Crippen LogP contribution in [-0.2, 0) is 14.8 Å². The van der Waals surface area contributed by atoms with Gasteiger partial charge in [0.2, 0.25) is 10.0 Å². The molecule has 1 fully saturated rings. The number of thiophene rings is 1. The number of sulfonamides is 1. The van der Waals surface area contributed by atoms with Gasteiger partial charge in [-0.2, -0.15) is 4.31 Å². The number of halogens is 2. The minimum absolute atomic E-state index is 0.151. The molecule has 2 heterocycles. The molecule has 112 valence electrons. The van der Waals surface area contributed by atoms with Crippen LogP contribution in [0.5, 0.6) is 0 Å². The van der Waals surface area contributed by atoms with Gasteiger partial charge in [-0.25, -0.2) is 8.42 Å². The number of piperidine rings is 1. The van der Waals surface area contributed by atoms with Gasteiger partial charge in [0.1, 0.15) is 4.90 Å². The first kappa shape index (κ1) is 16.4. The van der Waals surface area contributed by atoms with E-state index in [1.807, 2.05) is 0 Å². The van der Waals surface area contributed by atoms with Crippen LogP contribution in [0.2, 0.25) is 0 Å². The van der Waals surface area contributed by atoms with Gasteiger partial charge in [0.05, 0.1) is 14.0 Å². The Balaban J connectivity index is 2.35. The fourth-order valence-electron chi connectivity index (χ4n) is 2.32. The quantitative estimate of drug-likeness (QED) is 0.769. The predicted molar refractivity (Wildman–Crippen MR) is 83.5 cm³/mol. The third-order valence-electron chi connectivity index (χ3n) is 3.20. The monoisotopic (exact) mass is 445 g/mol. The first-order valence-electron chi connectivity index (χ1n) is 6.01. The SMILES string of the molecule is O=C(O)CC1CCCCN1S(=O)(=O)c1cc(Br)sc1Br. The molecule has 1 aliphatic rings. The molecule has 0 radical (unpaired) electrons. The second kappa shape index (κ2) is 6.43. The van der Waals surface area contributed by atoms with Crippen molar-refractivity contribution in [2.24, 2.45) is 0 Å². The lowest BCUT2D eigenvalue weighted by Gasteiger charge is -2.33. The van der Waals surface area contributed by atoms with Gasteiger partial charge in [0, 0.05) is 12.6 Å². The highest BCUT2D eigenvalue weighted by molar-refractivity contribution is 9.12. The van der Waals surface area contributed by atoms with Crippen LogP contribution >= 0.6 is 43.2 Å². The van der Waals surface area contributed by atoms with Crippen molar-refractivity contribution in [3.63, 3.8) is 0 Å². The molecule has 0 saturated carbocycles. The highest BCUT2D eigenvalue weighted by atomic mass is 79.9. The second-order valence-corrected chi connectivity index (χ2v) is 10.2. The molecule has 20 heavy (non-hydrogen) atoms. The Kier molecular flexibility index (Phi) is 5.28. The third kappa shape index (κ3) is 3.44. The van der Waals surface area contributed by atoms with Crippen LogP contribution in [0.3, 0.4) is 0 Å². The van der Waals surface area contributed by atoms with Crippen molar-refractivity contribution >= 4 is 59.2 Å². The molecule has 0 aromatic carbocycles. The van der Waals surface area contributed by atoms with Crippen LogP contribution in [0.15, 0.2) is 18.5 Å². The second-order valence-electron chi connectivity index (χ2n) is 4.55. The summed E-state index contributed by atoms with van der Waals surface area (Å²) in [5.41, 5.74) is 0. The maximum atomic E-state index is 12.7. The lowest BCUT2D eigenvalue weighted by Crippen LogP contribution is -2.44. The van der Waals surface area contributed by atoms with Crippen LogP contribution in [-0.4, -0.2) is 36.4 Å². The van der Waals surface area contributed by atoms with E-state index in [1.165, 1.54) is 15.6 Å². The summed E-state index contributed by atoms with van der Waals surface area (Å²) in [6, 6.07) is 1.09. The van der Waals surface area contributed by atoms with Gasteiger partial charge in [-0.1, -0.05) is 6.42 Å². The van der Waals surface area contributed by atoms with E-state index >= 15 is 0 Å². The predicted octanol–water partition coefficient (Wildman–Crippen LogP) is 3.29. The standard InChI is InChI=1S/C11H13Br2NO4S2/c12-9-6-8(11(13)19-9)20(17,18)14-4-2-1-3-7(14)5-10(15)16/h6-7H,1-5H2,(H,15,16). The van der Waals surface area contributed by atoms with Gasteiger partial charge in [-0.3, -0.25) is 4.79 Å². The highest BCUT2D eigenvalue weighted by Gasteiger charge is 2.36. The van der Waals surface area contributed by atoms with Crippen molar-refractivity contribution in [3.8, 4) is 0 Å². The van der Waals surface area contributed by atoms with Gasteiger partial charge < -0.3 is 5.11 Å². The van der Waals surface area contributed by atoms with Gasteiger partial charge in [0.25, 0.3) is 0 Å². The largest absolute Gasteiger partial charge is 0.481 e.